The van der Waals surface area contributed by atoms with Gasteiger partial charge in [-0.2, -0.15) is 0 Å². The number of nitrogens with two attached hydrogens (primary N) is 2. The van der Waals surface area contributed by atoms with Crippen molar-refractivity contribution in [3.8, 4) is 5.75 Å². The van der Waals surface area contributed by atoms with E-state index in [0.29, 0.717) is 5.75 Å². The smallest absolute Gasteiger partial charge is 0.255 e. The van der Waals surface area contributed by atoms with Crippen molar-refractivity contribution in [2.45, 2.75) is 13.0 Å². The first-order valence-electron chi connectivity index (χ1n) is 4.36. The lowest BCUT2D eigenvalue weighted by Crippen LogP contribution is -2.20. The third-order valence-corrected chi connectivity index (χ3v) is 1.79. The molecular weight excluding hydrogens is 180 g/mol. The van der Waals surface area contributed by atoms with Crippen LogP contribution in [0.15, 0.2) is 24.3 Å². The van der Waals surface area contributed by atoms with Crippen molar-refractivity contribution >= 4 is 5.91 Å². The topological polar surface area (TPSA) is 78.3 Å². The number of benzene rings is 1. The fourth-order valence-corrected chi connectivity index (χ4v) is 1.02. The molecule has 1 aromatic carbocycles. The Balaban J connectivity index is 2.59. The molecule has 14 heavy (non-hydrogen) atoms. The standard InChI is InChI=1S/C10H14N2O2/c1-7(11)8-2-4-9(5-3-8)14-6-10(12)13/h2-5,7H,6,11H2,1H3,(H2,12,13)/t7-/m0/s1. The largest absolute Gasteiger partial charge is 0.484 e. The number of amides is 1. The molecule has 1 aromatic rings. The van der Waals surface area contributed by atoms with E-state index in [1.54, 1.807) is 12.1 Å². The van der Waals surface area contributed by atoms with Gasteiger partial charge in [-0.05, 0) is 24.6 Å². The summed E-state index contributed by atoms with van der Waals surface area (Å²) in [6.07, 6.45) is 0. The highest BCUT2D eigenvalue weighted by Gasteiger charge is 2.00. The van der Waals surface area contributed by atoms with Crippen LogP contribution in [-0.4, -0.2) is 12.5 Å². The van der Waals surface area contributed by atoms with Gasteiger partial charge in [0.05, 0.1) is 0 Å². The predicted molar refractivity (Wildman–Crippen MR) is 53.7 cm³/mol. The molecule has 0 aliphatic heterocycles. The van der Waals surface area contributed by atoms with Crippen LogP contribution in [0.2, 0.25) is 0 Å². The lowest BCUT2D eigenvalue weighted by atomic mass is 10.1. The molecule has 0 aromatic heterocycles. The first-order valence-corrected chi connectivity index (χ1v) is 4.36. The van der Waals surface area contributed by atoms with Crippen molar-refractivity contribution in [3.05, 3.63) is 29.8 Å². The third kappa shape index (κ3) is 3.06. The molecule has 0 heterocycles. The quantitative estimate of drug-likeness (QED) is 0.735. The molecule has 0 spiro atoms. The number of carbonyl (C=O) groups excluding carboxylic acids is 1. The van der Waals surface area contributed by atoms with Gasteiger partial charge in [0.25, 0.3) is 5.91 Å². The van der Waals surface area contributed by atoms with Gasteiger partial charge in [-0.25, -0.2) is 0 Å². The van der Waals surface area contributed by atoms with Gasteiger partial charge in [0, 0.05) is 6.04 Å². The molecule has 0 saturated heterocycles. The van der Waals surface area contributed by atoms with E-state index in [9.17, 15) is 4.79 Å². The average molecular weight is 194 g/mol. The Morgan fingerprint density at radius 2 is 2.00 bits per heavy atom. The molecule has 0 aliphatic carbocycles. The van der Waals surface area contributed by atoms with E-state index >= 15 is 0 Å². The Bertz CT molecular complexity index is 306. The molecule has 4 heteroatoms. The summed E-state index contributed by atoms with van der Waals surface area (Å²) in [5.74, 6) is 0.134. The highest BCUT2D eigenvalue weighted by Crippen LogP contribution is 2.15. The highest BCUT2D eigenvalue weighted by atomic mass is 16.5. The maximum atomic E-state index is 10.4. The molecule has 0 fully saturated rings. The van der Waals surface area contributed by atoms with Crippen molar-refractivity contribution in [1.82, 2.24) is 0 Å². The van der Waals surface area contributed by atoms with Crippen LogP contribution in [0.5, 0.6) is 5.75 Å². The molecule has 0 aliphatic rings. The Morgan fingerprint density at radius 3 is 2.43 bits per heavy atom. The summed E-state index contributed by atoms with van der Waals surface area (Å²) in [6, 6.07) is 7.26. The van der Waals surface area contributed by atoms with E-state index in [2.05, 4.69) is 0 Å². The van der Waals surface area contributed by atoms with E-state index in [-0.39, 0.29) is 12.6 Å². The SMILES string of the molecule is C[C@H](N)c1ccc(OCC(N)=O)cc1. The minimum absolute atomic E-state index is 0.000176. The highest BCUT2D eigenvalue weighted by molar-refractivity contribution is 5.75. The van der Waals surface area contributed by atoms with E-state index < -0.39 is 5.91 Å². The summed E-state index contributed by atoms with van der Waals surface area (Å²) in [5.41, 5.74) is 11.6. The summed E-state index contributed by atoms with van der Waals surface area (Å²) >= 11 is 0. The second-order valence-corrected chi connectivity index (χ2v) is 3.11. The van der Waals surface area contributed by atoms with Gasteiger partial charge in [0.1, 0.15) is 5.75 Å². The van der Waals surface area contributed by atoms with Gasteiger partial charge in [-0.1, -0.05) is 12.1 Å². The third-order valence-electron chi connectivity index (χ3n) is 1.79. The minimum Gasteiger partial charge on any atom is -0.484 e. The number of carbonyl (C=O) groups is 1. The molecular formula is C10H14N2O2. The molecule has 0 saturated carbocycles. The number of hydrogen-bond donors (Lipinski definition) is 2. The van der Waals surface area contributed by atoms with Gasteiger partial charge >= 0.3 is 0 Å². The van der Waals surface area contributed by atoms with Crippen LogP contribution in [0, 0.1) is 0 Å². The van der Waals surface area contributed by atoms with E-state index in [1.807, 2.05) is 19.1 Å². The summed E-state index contributed by atoms with van der Waals surface area (Å²) in [4.78, 5) is 10.4. The molecule has 76 valence electrons. The van der Waals surface area contributed by atoms with Crippen molar-refractivity contribution in [1.29, 1.82) is 0 Å². The maximum absolute atomic E-state index is 10.4. The van der Waals surface area contributed by atoms with E-state index in [1.165, 1.54) is 0 Å². The van der Waals surface area contributed by atoms with Crippen LogP contribution in [0.4, 0.5) is 0 Å². The molecule has 1 atom stereocenters. The second-order valence-electron chi connectivity index (χ2n) is 3.11. The molecule has 0 unspecified atom stereocenters. The second kappa shape index (κ2) is 4.62. The Morgan fingerprint density at radius 1 is 1.43 bits per heavy atom. The number of rotatable bonds is 4. The number of ether oxygens (including phenoxy) is 1. The zero-order chi connectivity index (χ0) is 10.6. The predicted octanol–water partition coefficient (Wildman–Crippen LogP) is 0.570. The summed E-state index contributed by atoms with van der Waals surface area (Å²) < 4.78 is 5.09. The fourth-order valence-electron chi connectivity index (χ4n) is 1.02. The lowest BCUT2D eigenvalue weighted by Gasteiger charge is -2.07. The van der Waals surface area contributed by atoms with Crippen LogP contribution in [-0.2, 0) is 4.79 Å². The van der Waals surface area contributed by atoms with Crippen molar-refractivity contribution in [3.63, 3.8) is 0 Å². The molecule has 0 radical (unpaired) electrons. The summed E-state index contributed by atoms with van der Waals surface area (Å²) in [7, 11) is 0. The number of primary amides is 1. The van der Waals surface area contributed by atoms with Crippen LogP contribution in [0.1, 0.15) is 18.5 Å². The Kier molecular flexibility index (Phi) is 3.48. The van der Waals surface area contributed by atoms with Crippen molar-refractivity contribution < 1.29 is 9.53 Å². The normalized spacial score (nSPS) is 12.1. The molecule has 0 bridgehead atoms. The Hall–Kier alpha value is -1.55. The van der Waals surface area contributed by atoms with Crippen molar-refractivity contribution in [2.75, 3.05) is 6.61 Å². The zero-order valence-corrected chi connectivity index (χ0v) is 8.07. The van der Waals surface area contributed by atoms with Crippen LogP contribution < -0.4 is 16.2 Å². The van der Waals surface area contributed by atoms with Gasteiger partial charge in [0.15, 0.2) is 6.61 Å². The maximum Gasteiger partial charge on any atom is 0.255 e. The van der Waals surface area contributed by atoms with E-state index in [0.717, 1.165) is 5.56 Å². The van der Waals surface area contributed by atoms with Crippen LogP contribution in [0.25, 0.3) is 0 Å². The van der Waals surface area contributed by atoms with Gasteiger partial charge in [-0.15, -0.1) is 0 Å². The summed E-state index contributed by atoms with van der Waals surface area (Å²) in [6.45, 7) is 1.80. The minimum atomic E-state index is -0.485. The van der Waals surface area contributed by atoms with Crippen LogP contribution >= 0.6 is 0 Å². The van der Waals surface area contributed by atoms with Gasteiger partial charge in [-0.3, -0.25) is 4.79 Å². The van der Waals surface area contributed by atoms with Crippen LogP contribution in [0.3, 0.4) is 0 Å². The number of hydrogen-bond acceptors (Lipinski definition) is 3. The zero-order valence-electron chi connectivity index (χ0n) is 8.07. The first-order chi connectivity index (χ1) is 6.59. The molecule has 4 nitrogen and oxygen atoms in total. The average Bonchev–Trinajstić information content (AvgIpc) is 2.15. The molecule has 1 rings (SSSR count). The first kappa shape index (κ1) is 10.5. The molecule has 1 amide bonds. The van der Waals surface area contributed by atoms with E-state index in [4.69, 9.17) is 16.2 Å². The monoisotopic (exact) mass is 194 g/mol. The van der Waals surface area contributed by atoms with Gasteiger partial charge < -0.3 is 16.2 Å². The lowest BCUT2D eigenvalue weighted by molar-refractivity contribution is -0.119. The summed E-state index contributed by atoms with van der Waals surface area (Å²) in [5, 5.41) is 0. The van der Waals surface area contributed by atoms with Crippen molar-refractivity contribution in [2.24, 2.45) is 11.5 Å². The molecule has 4 N–H and O–H groups in total. The Labute approximate surface area is 82.8 Å². The van der Waals surface area contributed by atoms with Gasteiger partial charge in [0.2, 0.25) is 0 Å². The fraction of sp³-hybridized carbons (Fsp3) is 0.300.